The van der Waals surface area contributed by atoms with E-state index in [-0.39, 0.29) is 5.43 Å². The minimum Gasteiger partial charge on any atom is -0.354 e. The van der Waals surface area contributed by atoms with Crippen molar-refractivity contribution in [2.24, 2.45) is 0 Å². The number of nitrogens with one attached hydrogen (secondary N) is 1. The zero-order valence-electron chi connectivity index (χ0n) is 10.1. The number of hydrogen-bond donors (Lipinski definition) is 1. The number of hydrogen-bond acceptors (Lipinski definition) is 2. The summed E-state index contributed by atoms with van der Waals surface area (Å²) in [7, 11) is 0. The normalized spacial score (nSPS) is 11.4. The van der Waals surface area contributed by atoms with E-state index < -0.39 is 0 Å². The fourth-order valence-electron chi connectivity index (χ4n) is 2.57. The second-order valence-corrected chi connectivity index (χ2v) is 4.56. The fourth-order valence-corrected chi connectivity index (χ4v) is 2.57. The summed E-state index contributed by atoms with van der Waals surface area (Å²) in [6.45, 7) is 0. The molecular weight excluding hydrogens is 236 g/mol. The Labute approximate surface area is 108 Å². The van der Waals surface area contributed by atoms with Gasteiger partial charge < -0.3 is 4.98 Å². The molecule has 2 aromatic carbocycles. The van der Waals surface area contributed by atoms with E-state index in [1.54, 1.807) is 6.20 Å². The van der Waals surface area contributed by atoms with E-state index in [4.69, 9.17) is 0 Å². The van der Waals surface area contributed by atoms with Gasteiger partial charge in [0.2, 0.25) is 0 Å². The molecule has 0 bridgehead atoms. The smallest absolute Gasteiger partial charge is 0.197 e. The monoisotopic (exact) mass is 246 g/mol. The van der Waals surface area contributed by atoms with E-state index in [2.05, 4.69) is 9.97 Å². The van der Waals surface area contributed by atoms with Gasteiger partial charge in [0.15, 0.2) is 5.43 Å². The molecule has 0 radical (unpaired) electrons. The van der Waals surface area contributed by atoms with Crippen molar-refractivity contribution in [1.82, 2.24) is 9.97 Å². The maximum Gasteiger partial charge on any atom is 0.197 e. The van der Waals surface area contributed by atoms with Gasteiger partial charge in [-0.2, -0.15) is 0 Å². The van der Waals surface area contributed by atoms with Crippen LogP contribution in [-0.4, -0.2) is 9.97 Å². The van der Waals surface area contributed by atoms with Crippen LogP contribution in [0.4, 0.5) is 0 Å². The number of para-hydroxylation sites is 1. The molecule has 0 amide bonds. The predicted octanol–water partition coefficient (Wildman–Crippen LogP) is 3.23. The van der Waals surface area contributed by atoms with Gasteiger partial charge >= 0.3 is 0 Å². The summed E-state index contributed by atoms with van der Waals surface area (Å²) in [6.07, 6.45) is 1.74. The molecule has 0 fully saturated rings. The molecule has 1 N–H and O–H groups in total. The third kappa shape index (κ3) is 1.38. The lowest BCUT2D eigenvalue weighted by atomic mass is 10.1. The average molecular weight is 246 g/mol. The molecule has 19 heavy (non-hydrogen) atoms. The number of pyridine rings is 2. The van der Waals surface area contributed by atoms with Crippen molar-refractivity contribution in [3.8, 4) is 0 Å². The molecule has 0 spiro atoms. The van der Waals surface area contributed by atoms with Gasteiger partial charge in [-0.25, -0.2) is 0 Å². The molecule has 4 aromatic rings. The van der Waals surface area contributed by atoms with Gasteiger partial charge in [-0.05, 0) is 30.3 Å². The van der Waals surface area contributed by atoms with Gasteiger partial charge in [-0.3, -0.25) is 9.78 Å². The Morgan fingerprint density at radius 3 is 2.63 bits per heavy atom. The molecule has 3 heteroatoms. The van der Waals surface area contributed by atoms with E-state index in [1.165, 1.54) is 0 Å². The Morgan fingerprint density at radius 2 is 1.68 bits per heavy atom. The number of aromatic amines is 1. The molecule has 0 aliphatic carbocycles. The van der Waals surface area contributed by atoms with E-state index >= 15 is 0 Å². The lowest BCUT2D eigenvalue weighted by Crippen LogP contribution is -2.04. The molecule has 0 aliphatic heterocycles. The first-order chi connectivity index (χ1) is 9.34. The first-order valence-electron chi connectivity index (χ1n) is 6.13. The van der Waals surface area contributed by atoms with Crippen molar-refractivity contribution in [1.29, 1.82) is 0 Å². The van der Waals surface area contributed by atoms with Gasteiger partial charge in [-0.1, -0.05) is 18.2 Å². The molecule has 0 aliphatic rings. The number of aromatic nitrogens is 2. The van der Waals surface area contributed by atoms with Gasteiger partial charge in [0.1, 0.15) is 0 Å². The maximum atomic E-state index is 12.7. The van der Waals surface area contributed by atoms with Crippen molar-refractivity contribution in [2.75, 3.05) is 0 Å². The van der Waals surface area contributed by atoms with Crippen LogP contribution >= 0.6 is 0 Å². The van der Waals surface area contributed by atoms with Crippen molar-refractivity contribution in [3.63, 3.8) is 0 Å². The first kappa shape index (κ1) is 10.3. The van der Waals surface area contributed by atoms with Crippen molar-refractivity contribution < 1.29 is 0 Å². The van der Waals surface area contributed by atoms with E-state index in [1.807, 2.05) is 48.5 Å². The van der Waals surface area contributed by atoms with Crippen molar-refractivity contribution in [3.05, 3.63) is 65.0 Å². The summed E-state index contributed by atoms with van der Waals surface area (Å²) in [5, 5.41) is 2.32. The zero-order valence-corrected chi connectivity index (χ0v) is 10.1. The molecule has 0 unspecified atom stereocenters. The molecule has 0 saturated carbocycles. The van der Waals surface area contributed by atoms with Crippen LogP contribution in [0.15, 0.2) is 59.5 Å². The van der Waals surface area contributed by atoms with Crippen LogP contribution in [0.5, 0.6) is 0 Å². The summed E-state index contributed by atoms with van der Waals surface area (Å²) in [6, 6.07) is 15.2. The molecule has 3 nitrogen and oxygen atoms in total. The van der Waals surface area contributed by atoms with Crippen LogP contribution in [0, 0.1) is 0 Å². The Hall–Kier alpha value is -2.68. The molecule has 2 heterocycles. The van der Waals surface area contributed by atoms with Crippen LogP contribution in [0.25, 0.3) is 32.7 Å². The quantitative estimate of drug-likeness (QED) is 0.382. The van der Waals surface area contributed by atoms with Crippen LogP contribution in [0.1, 0.15) is 0 Å². The predicted molar refractivity (Wildman–Crippen MR) is 77.4 cm³/mol. The minimum atomic E-state index is 0.0583. The number of H-pyrrole nitrogens is 1. The van der Waals surface area contributed by atoms with Gasteiger partial charge in [0.25, 0.3) is 0 Å². The Balaban J connectivity index is 2.37. The molecule has 4 rings (SSSR count). The molecular formula is C16H10N2O. The van der Waals surface area contributed by atoms with Crippen LogP contribution in [0.3, 0.4) is 0 Å². The fraction of sp³-hybridized carbons (Fsp3) is 0. The second kappa shape index (κ2) is 3.65. The highest BCUT2D eigenvalue weighted by Gasteiger charge is 2.08. The van der Waals surface area contributed by atoms with E-state index in [9.17, 15) is 4.79 Å². The van der Waals surface area contributed by atoms with Crippen molar-refractivity contribution in [2.45, 2.75) is 0 Å². The van der Waals surface area contributed by atoms with Crippen LogP contribution in [0.2, 0.25) is 0 Å². The van der Waals surface area contributed by atoms with Gasteiger partial charge in [0.05, 0.1) is 16.4 Å². The van der Waals surface area contributed by atoms with Crippen molar-refractivity contribution >= 4 is 32.7 Å². The highest BCUT2D eigenvalue weighted by Crippen LogP contribution is 2.22. The molecule has 0 saturated heterocycles. The van der Waals surface area contributed by atoms with E-state index in [0.717, 1.165) is 21.9 Å². The summed E-state index contributed by atoms with van der Waals surface area (Å²) < 4.78 is 0. The van der Waals surface area contributed by atoms with Crippen LogP contribution in [-0.2, 0) is 0 Å². The molecule has 90 valence electrons. The van der Waals surface area contributed by atoms with Gasteiger partial charge in [-0.15, -0.1) is 0 Å². The summed E-state index contributed by atoms with van der Waals surface area (Å²) >= 11 is 0. The third-order valence-corrected chi connectivity index (χ3v) is 3.45. The number of rotatable bonds is 0. The maximum absolute atomic E-state index is 12.7. The Morgan fingerprint density at radius 1 is 0.842 bits per heavy atom. The zero-order chi connectivity index (χ0) is 12.8. The van der Waals surface area contributed by atoms with Gasteiger partial charge in [0, 0.05) is 22.5 Å². The first-order valence-corrected chi connectivity index (χ1v) is 6.13. The summed E-state index contributed by atoms with van der Waals surface area (Å²) in [5.74, 6) is 0. The number of nitrogens with zero attached hydrogens (tertiary/aromatic N) is 1. The molecule has 0 atom stereocenters. The average Bonchev–Trinajstić information content (AvgIpc) is 2.47. The SMILES string of the molecule is O=c1c2ccccc2[nH]c2ccc3ncccc3c12. The topological polar surface area (TPSA) is 45.8 Å². The standard InChI is InChI=1S/C16H10N2O/c19-16-11-4-1-2-6-13(11)18-14-8-7-12-10(15(14)16)5-3-9-17-12/h1-9H,(H,18,19). The lowest BCUT2D eigenvalue weighted by molar-refractivity contribution is 1.41. The highest BCUT2D eigenvalue weighted by atomic mass is 16.1. The second-order valence-electron chi connectivity index (χ2n) is 4.56. The van der Waals surface area contributed by atoms with Crippen LogP contribution < -0.4 is 5.43 Å². The lowest BCUT2D eigenvalue weighted by Gasteiger charge is -2.05. The van der Waals surface area contributed by atoms with E-state index in [0.29, 0.717) is 10.8 Å². The Kier molecular flexibility index (Phi) is 1.97. The Bertz CT molecular complexity index is 986. The third-order valence-electron chi connectivity index (χ3n) is 3.45. The highest BCUT2D eigenvalue weighted by molar-refractivity contribution is 6.08. The summed E-state index contributed by atoms with van der Waals surface area (Å²) in [5.41, 5.74) is 2.62. The number of fused-ring (bicyclic) bond motifs is 4. The molecule has 2 aromatic heterocycles. The summed E-state index contributed by atoms with van der Waals surface area (Å²) in [4.78, 5) is 20.3. The largest absolute Gasteiger partial charge is 0.354 e. The minimum absolute atomic E-state index is 0.0583. The number of benzene rings is 2.